The molecule has 1 aliphatic rings. The minimum atomic E-state index is -0.718. The van der Waals surface area contributed by atoms with Gasteiger partial charge in [0.25, 0.3) is 0 Å². The van der Waals surface area contributed by atoms with Crippen LogP contribution in [0.5, 0.6) is 0 Å². The maximum absolute atomic E-state index is 10.6. The highest BCUT2D eigenvalue weighted by atomic mass is 35.5. The van der Waals surface area contributed by atoms with Gasteiger partial charge in [0.1, 0.15) is 6.10 Å². The second-order valence-corrected chi connectivity index (χ2v) is 5.84. The van der Waals surface area contributed by atoms with Crippen molar-refractivity contribution in [2.75, 3.05) is 5.32 Å². The van der Waals surface area contributed by atoms with E-state index in [1.807, 2.05) is 18.2 Å². The summed E-state index contributed by atoms with van der Waals surface area (Å²) in [5.41, 5.74) is 2.96. The zero-order chi connectivity index (χ0) is 14.1. The topological polar surface area (TPSA) is 32.3 Å². The minimum Gasteiger partial charge on any atom is -0.386 e. The number of aliphatic hydroxyl groups excluding tert-OH is 1. The van der Waals surface area contributed by atoms with Crippen LogP contribution in [0.15, 0.2) is 42.5 Å². The number of halogens is 2. The Morgan fingerprint density at radius 3 is 2.50 bits per heavy atom. The summed E-state index contributed by atoms with van der Waals surface area (Å²) in [6, 6.07) is 13.4. The molecule has 0 radical (unpaired) electrons. The van der Waals surface area contributed by atoms with Crippen molar-refractivity contribution < 1.29 is 5.11 Å². The van der Waals surface area contributed by atoms with Crippen LogP contribution in [-0.2, 0) is 6.42 Å². The molecule has 2 N–H and O–H groups in total. The molecule has 0 bridgehead atoms. The summed E-state index contributed by atoms with van der Waals surface area (Å²) in [7, 11) is 0. The number of hydrogen-bond acceptors (Lipinski definition) is 2. The third-order valence-electron chi connectivity index (χ3n) is 3.76. The van der Waals surface area contributed by atoms with Gasteiger partial charge in [0, 0.05) is 21.3 Å². The molecule has 2 aromatic carbocycles. The molecular weight excluding hydrogens is 293 g/mol. The van der Waals surface area contributed by atoms with Crippen molar-refractivity contribution in [2.24, 2.45) is 0 Å². The molecule has 0 aliphatic carbocycles. The van der Waals surface area contributed by atoms with Crippen molar-refractivity contribution >= 4 is 28.9 Å². The van der Waals surface area contributed by atoms with E-state index in [0.29, 0.717) is 15.6 Å². The van der Waals surface area contributed by atoms with Gasteiger partial charge in [0.05, 0.1) is 6.04 Å². The van der Waals surface area contributed by atoms with Crippen LogP contribution in [0.4, 0.5) is 5.69 Å². The zero-order valence-electron chi connectivity index (χ0n) is 10.8. The number of nitrogens with one attached hydrogen (secondary N) is 1. The Hall–Kier alpha value is -1.22. The molecule has 1 heterocycles. The minimum absolute atomic E-state index is 0.0812. The number of anilines is 1. The Morgan fingerprint density at radius 1 is 1.05 bits per heavy atom. The Kier molecular flexibility index (Phi) is 3.88. The summed E-state index contributed by atoms with van der Waals surface area (Å²) in [4.78, 5) is 0. The van der Waals surface area contributed by atoms with Gasteiger partial charge in [-0.2, -0.15) is 0 Å². The number of aliphatic hydroxyl groups is 1. The fraction of sp³-hybridized carbons (Fsp3) is 0.250. The van der Waals surface area contributed by atoms with Crippen molar-refractivity contribution in [1.29, 1.82) is 0 Å². The molecule has 0 saturated carbocycles. The first-order valence-corrected chi connectivity index (χ1v) is 7.39. The van der Waals surface area contributed by atoms with Crippen LogP contribution in [0.1, 0.15) is 23.7 Å². The van der Waals surface area contributed by atoms with Crippen LogP contribution in [0.2, 0.25) is 10.0 Å². The summed E-state index contributed by atoms with van der Waals surface area (Å²) in [5.74, 6) is 0. The SMILES string of the molecule is OC(c1c(Cl)cccc1Cl)C1CCc2ccccc2N1. The molecule has 104 valence electrons. The third-order valence-corrected chi connectivity index (χ3v) is 4.42. The van der Waals surface area contributed by atoms with Gasteiger partial charge in [-0.25, -0.2) is 0 Å². The molecule has 0 aromatic heterocycles. The summed E-state index contributed by atoms with van der Waals surface area (Å²) in [5, 5.41) is 15.0. The van der Waals surface area contributed by atoms with E-state index in [1.54, 1.807) is 18.2 Å². The maximum atomic E-state index is 10.6. The molecule has 4 heteroatoms. The highest BCUT2D eigenvalue weighted by molar-refractivity contribution is 6.36. The first kappa shape index (κ1) is 13.7. The molecule has 0 amide bonds. The number of hydrogen-bond donors (Lipinski definition) is 2. The molecule has 1 aliphatic heterocycles. The van der Waals surface area contributed by atoms with Crippen LogP contribution in [-0.4, -0.2) is 11.1 Å². The predicted octanol–water partition coefficient (Wildman–Crippen LogP) is 4.45. The van der Waals surface area contributed by atoms with Gasteiger partial charge in [-0.05, 0) is 36.6 Å². The highest BCUT2D eigenvalue weighted by Crippen LogP contribution is 2.36. The van der Waals surface area contributed by atoms with Crippen molar-refractivity contribution in [2.45, 2.75) is 25.0 Å². The average molecular weight is 308 g/mol. The standard InChI is InChI=1S/C16H15Cl2NO/c17-11-5-3-6-12(18)15(11)16(20)14-9-8-10-4-1-2-7-13(10)19-14/h1-7,14,16,19-20H,8-9H2. The molecule has 20 heavy (non-hydrogen) atoms. The molecule has 2 nitrogen and oxygen atoms in total. The molecule has 2 unspecified atom stereocenters. The third kappa shape index (κ3) is 2.51. The van der Waals surface area contributed by atoms with E-state index >= 15 is 0 Å². The van der Waals surface area contributed by atoms with Gasteiger partial charge >= 0.3 is 0 Å². The van der Waals surface area contributed by atoms with Crippen LogP contribution >= 0.6 is 23.2 Å². The lowest BCUT2D eigenvalue weighted by molar-refractivity contribution is 0.149. The van der Waals surface area contributed by atoms with Crippen LogP contribution in [0.25, 0.3) is 0 Å². The Balaban J connectivity index is 1.88. The van der Waals surface area contributed by atoms with E-state index in [1.165, 1.54) is 5.56 Å². The molecular formula is C16H15Cl2NO. The number of para-hydroxylation sites is 1. The number of fused-ring (bicyclic) bond motifs is 1. The monoisotopic (exact) mass is 307 g/mol. The van der Waals surface area contributed by atoms with Gasteiger partial charge in [-0.1, -0.05) is 47.5 Å². The van der Waals surface area contributed by atoms with E-state index in [2.05, 4.69) is 11.4 Å². The lowest BCUT2D eigenvalue weighted by atomic mass is 9.92. The Bertz CT molecular complexity index is 609. The van der Waals surface area contributed by atoms with Crippen molar-refractivity contribution in [1.82, 2.24) is 0 Å². The van der Waals surface area contributed by atoms with E-state index in [4.69, 9.17) is 23.2 Å². The van der Waals surface area contributed by atoms with Crippen molar-refractivity contribution in [3.8, 4) is 0 Å². The second-order valence-electron chi connectivity index (χ2n) is 5.03. The predicted molar refractivity (Wildman–Crippen MR) is 83.6 cm³/mol. The van der Waals surface area contributed by atoms with E-state index < -0.39 is 6.10 Å². The lowest BCUT2D eigenvalue weighted by Gasteiger charge is -2.31. The van der Waals surface area contributed by atoms with Gasteiger partial charge < -0.3 is 10.4 Å². The number of aryl methyl sites for hydroxylation is 1. The number of rotatable bonds is 2. The molecule has 2 aromatic rings. The molecule has 2 atom stereocenters. The van der Waals surface area contributed by atoms with Gasteiger partial charge in [0.2, 0.25) is 0 Å². The van der Waals surface area contributed by atoms with Crippen LogP contribution in [0, 0.1) is 0 Å². The second kappa shape index (κ2) is 5.65. The molecule has 0 fully saturated rings. The summed E-state index contributed by atoms with van der Waals surface area (Å²) in [6.07, 6.45) is 1.07. The summed E-state index contributed by atoms with van der Waals surface area (Å²) in [6.45, 7) is 0. The average Bonchev–Trinajstić information content (AvgIpc) is 2.46. The Morgan fingerprint density at radius 2 is 1.75 bits per heavy atom. The summed E-state index contributed by atoms with van der Waals surface area (Å²) < 4.78 is 0. The number of benzene rings is 2. The maximum Gasteiger partial charge on any atom is 0.102 e. The first-order valence-electron chi connectivity index (χ1n) is 6.63. The Labute approximate surface area is 128 Å². The molecule has 3 rings (SSSR count). The zero-order valence-corrected chi connectivity index (χ0v) is 12.3. The van der Waals surface area contributed by atoms with Gasteiger partial charge in [0.15, 0.2) is 0 Å². The molecule has 0 spiro atoms. The van der Waals surface area contributed by atoms with Gasteiger partial charge in [-0.15, -0.1) is 0 Å². The van der Waals surface area contributed by atoms with E-state index in [9.17, 15) is 5.11 Å². The fourth-order valence-corrected chi connectivity index (χ4v) is 3.31. The fourth-order valence-electron chi connectivity index (χ4n) is 2.69. The smallest absolute Gasteiger partial charge is 0.102 e. The molecule has 0 saturated heterocycles. The largest absolute Gasteiger partial charge is 0.386 e. The van der Waals surface area contributed by atoms with Crippen LogP contribution < -0.4 is 5.32 Å². The first-order chi connectivity index (χ1) is 9.66. The quantitative estimate of drug-likeness (QED) is 0.859. The normalized spacial score (nSPS) is 19.1. The lowest BCUT2D eigenvalue weighted by Crippen LogP contribution is -2.32. The van der Waals surface area contributed by atoms with E-state index in [0.717, 1.165) is 18.5 Å². The summed E-state index contributed by atoms with van der Waals surface area (Å²) >= 11 is 12.3. The van der Waals surface area contributed by atoms with E-state index in [-0.39, 0.29) is 6.04 Å². The van der Waals surface area contributed by atoms with Crippen LogP contribution in [0.3, 0.4) is 0 Å². The van der Waals surface area contributed by atoms with Crippen molar-refractivity contribution in [3.63, 3.8) is 0 Å². The van der Waals surface area contributed by atoms with Crippen molar-refractivity contribution in [3.05, 3.63) is 63.6 Å². The van der Waals surface area contributed by atoms with Gasteiger partial charge in [-0.3, -0.25) is 0 Å². The highest BCUT2D eigenvalue weighted by Gasteiger charge is 2.28.